The van der Waals surface area contributed by atoms with Crippen molar-refractivity contribution in [2.45, 2.75) is 90.6 Å². The first-order chi connectivity index (χ1) is 14.5. The molecule has 0 spiro atoms. The number of unbranched alkanes of at least 4 members (excludes halogenated alkanes) is 9. The maximum absolute atomic E-state index is 11.7. The first-order valence-corrected chi connectivity index (χ1v) is 13.6. The summed E-state index contributed by atoms with van der Waals surface area (Å²) < 4.78 is 27.2. The highest BCUT2D eigenvalue weighted by molar-refractivity contribution is 7.45. The average molecular weight is 468 g/mol. The van der Waals surface area contributed by atoms with Crippen LogP contribution in [-0.4, -0.2) is 69.8 Å². The van der Waals surface area contributed by atoms with Crippen LogP contribution >= 0.6 is 7.82 Å². The lowest BCUT2D eigenvalue weighted by Crippen LogP contribution is -2.37. The Hall–Kier alpha value is -0.0100. The molecule has 0 aromatic heterocycles. The summed E-state index contributed by atoms with van der Waals surface area (Å²) >= 11 is 0. The highest BCUT2D eigenvalue weighted by Gasteiger charge is 2.15. The van der Waals surface area contributed by atoms with Gasteiger partial charge in [0.2, 0.25) is 0 Å². The van der Waals surface area contributed by atoms with Gasteiger partial charge in [-0.05, 0) is 12.3 Å². The van der Waals surface area contributed by atoms with E-state index in [2.05, 4.69) is 13.8 Å². The van der Waals surface area contributed by atoms with E-state index in [1.807, 2.05) is 21.1 Å². The molecule has 1 unspecified atom stereocenters. The van der Waals surface area contributed by atoms with Gasteiger partial charge in [0.15, 0.2) is 0 Å². The van der Waals surface area contributed by atoms with E-state index in [1.54, 1.807) is 0 Å². The molecule has 0 aromatic carbocycles. The van der Waals surface area contributed by atoms with E-state index in [4.69, 9.17) is 13.8 Å². The van der Waals surface area contributed by atoms with E-state index >= 15 is 0 Å². The van der Waals surface area contributed by atoms with Gasteiger partial charge in [-0.1, -0.05) is 78.1 Å². The topological polar surface area (TPSA) is 88.0 Å². The van der Waals surface area contributed by atoms with E-state index in [9.17, 15) is 14.6 Å². The summed E-state index contributed by atoms with van der Waals surface area (Å²) in [6.45, 7) is 5.47. The molecule has 188 valence electrons. The van der Waals surface area contributed by atoms with E-state index in [-0.39, 0.29) is 19.8 Å². The molecule has 0 aliphatic heterocycles. The number of quaternary nitrogens is 1. The molecular formula is C23H50NO6P. The molecule has 0 saturated heterocycles. The first kappa shape index (κ1) is 31.0. The Balaban J connectivity index is 3.44. The fraction of sp³-hybridized carbons (Fsp3) is 1.00. The Bertz CT molecular complexity index is 456. The SMILES string of the molecule is CC(C)CCCCCCCCCCCCOC[C@@H](O)COP(=O)([O-])OCC[N+](C)(C)C. The zero-order valence-corrected chi connectivity index (χ0v) is 21.7. The van der Waals surface area contributed by atoms with Gasteiger partial charge in [0.25, 0.3) is 7.82 Å². The number of phosphoric acid groups is 1. The van der Waals surface area contributed by atoms with Crippen molar-refractivity contribution in [1.29, 1.82) is 0 Å². The molecule has 0 rings (SSSR count). The molecule has 0 saturated carbocycles. The second-order valence-corrected chi connectivity index (χ2v) is 11.4. The predicted octanol–water partition coefficient (Wildman–Crippen LogP) is 4.52. The molecule has 1 N–H and O–H groups in total. The summed E-state index contributed by atoms with van der Waals surface area (Å²) in [7, 11) is 1.44. The number of rotatable bonds is 22. The van der Waals surface area contributed by atoms with Crippen molar-refractivity contribution in [2.24, 2.45) is 5.92 Å². The van der Waals surface area contributed by atoms with E-state index in [0.717, 1.165) is 18.8 Å². The normalized spacial score (nSPS) is 15.4. The van der Waals surface area contributed by atoms with Crippen LogP contribution in [-0.2, 0) is 18.3 Å². The zero-order chi connectivity index (χ0) is 23.6. The van der Waals surface area contributed by atoms with E-state index in [0.29, 0.717) is 17.6 Å². The zero-order valence-electron chi connectivity index (χ0n) is 20.9. The molecule has 0 aliphatic rings. The van der Waals surface area contributed by atoms with Crippen molar-refractivity contribution < 1.29 is 32.8 Å². The lowest BCUT2D eigenvalue weighted by Gasteiger charge is -2.27. The van der Waals surface area contributed by atoms with Gasteiger partial charge < -0.3 is 28.3 Å². The summed E-state index contributed by atoms with van der Waals surface area (Å²) in [6, 6.07) is 0. The van der Waals surface area contributed by atoms with Gasteiger partial charge >= 0.3 is 0 Å². The Labute approximate surface area is 191 Å². The van der Waals surface area contributed by atoms with Crippen molar-refractivity contribution in [3.05, 3.63) is 0 Å². The van der Waals surface area contributed by atoms with Crippen LogP contribution in [0.5, 0.6) is 0 Å². The minimum absolute atomic E-state index is 0.0508. The van der Waals surface area contributed by atoms with E-state index < -0.39 is 13.9 Å². The number of aliphatic hydroxyl groups excluding tert-OH is 1. The molecule has 0 bridgehead atoms. The lowest BCUT2D eigenvalue weighted by atomic mass is 10.0. The van der Waals surface area contributed by atoms with Gasteiger partial charge in [-0.2, -0.15) is 0 Å². The predicted molar refractivity (Wildman–Crippen MR) is 125 cm³/mol. The molecule has 31 heavy (non-hydrogen) atoms. The van der Waals surface area contributed by atoms with Crippen molar-refractivity contribution in [1.82, 2.24) is 0 Å². The van der Waals surface area contributed by atoms with Crippen LogP contribution in [0.1, 0.15) is 84.5 Å². The first-order valence-electron chi connectivity index (χ1n) is 12.2. The number of nitrogens with zero attached hydrogens (tertiary/aromatic N) is 1. The van der Waals surface area contributed by atoms with Crippen molar-refractivity contribution >= 4 is 7.82 Å². The number of hydrogen-bond acceptors (Lipinski definition) is 6. The van der Waals surface area contributed by atoms with Crippen LogP contribution < -0.4 is 4.89 Å². The molecular weight excluding hydrogens is 417 g/mol. The van der Waals surface area contributed by atoms with Gasteiger partial charge in [0.05, 0.1) is 34.4 Å². The number of ether oxygens (including phenoxy) is 1. The van der Waals surface area contributed by atoms with Gasteiger partial charge in [0.1, 0.15) is 19.3 Å². The number of likely N-dealkylation sites (N-methyl/N-ethyl adjacent to an activating group) is 1. The molecule has 0 radical (unpaired) electrons. The maximum Gasteiger partial charge on any atom is 0.268 e. The number of hydrogen-bond donors (Lipinski definition) is 1. The Morgan fingerprint density at radius 2 is 1.32 bits per heavy atom. The molecule has 2 atom stereocenters. The third-order valence-corrected chi connectivity index (χ3v) is 6.03. The van der Waals surface area contributed by atoms with Gasteiger partial charge in [-0.3, -0.25) is 4.57 Å². The molecule has 0 fully saturated rings. The fourth-order valence-corrected chi connectivity index (χ4v) is 3.81. The smallest absolute Gasteiger partial charge is 0.268 e. The molecule has 0 aliphatic carbocycles. The van der Waals surface area contributed by atoms with Crippen LogP contribution in [0.3, 0.4) is 0 Å². The maximum atomic E-state index is 11.7. The Morgan fingerprint density at radius 3 is 1.84 bits per heavy atom. The van der Waals surface area contributed by atoms with Crippen LogP contribution in [0.15, 0.2) is 0 Å². The van der Waals surface area contributed by atoms with Crippen LogP contribution in [0.2, 0.25) is 0 Å². The summed E-state index contributed by atoms with van der Waals surface area (Å²) in [5, 5.41) is 9.80. The summed E-state index contributed by atoms with van der Waals surface area (Å²) in [6.07, 6.45) is 13.1. The Kier molecular flexibility index (Phi) is 18.4. The highest BCUT2D eigenvalue weighted by Crippen LogP contribution is 2.38. The second kappa shape index (κ2) is 18.4. The highest BCUT2D eigenvalue weighted by atomic mass is 31.2. The average Bonchev–Trinajstić information content (AvgIpc) is 2.65. The minimum Gasteiger partial charge on any atom is -0.756 e. The molecule has 0 aromatic rings. The molecule has 8 heteroatoms. The quantitative estimate of drug-likeness (QED) is 0.143. The monoisotopic (exact) mass is 467 g/mol. The molecule has 7 nitrogen and oxygen atoms in total. The van der Waals surface area contributed by atoms with Gasteiger partial charge in [-0.25, -0.2) is 0 Å². The minimum atomic E-state index is -4.38. The summed E-state index contributed by atoms with van der Waals surface area (Å²) in [5.74, 6) is 0.833. The number of aliphatic hydroxyl groups is 1. The third-order valence-electron chi connectivity index (χ3n) is 5.07. The summed E-state index contributed by atoms with van der Waals surface area (Å²) in [4.78, 5) is 11.7. The van der Waals surface area contributed by atoms with Crippen LogP contribution in [0.4, 0.5) is 0 Å². The van der Waals surface area contributed by atoms with Gasteiger partial charge in [-0.15, -0.1) is 0 Å². The third kappa shape index (κ3) is 24.5. The number of phosphoric ester groups is 1. The standard InChI is InChI=1S/C23H50NO6P/c1-22(2)16-14-12-10-8-6-7-9-11-13-15-18-28-20-23(25)21-30-31(26,27)29-19-17-24(3,4)5/h22-23,25H,6-21H2,1-5H3/t23-/m1/s1. The lowest BCUT2D eigenvalue weighted by molar-refractivity contribution is -0.870. The summed E-state index contributed by atoms with van der Waals surface area (Å²) in [5.41, 5.74) is 0. The molecule has 0 heterocycles. The van der Waals surface area contributed by atoms with Crippen molar-refractivity contribution in [2.75, 3.05) is 54.1 Å². The largest absolute Gasteiger partial charge is 0.756 e. The van der Waals surface area contributed by atoms with Crippen LogP contribution in [0.25, 0.3) is 0 Å². The second-order valence-electron chi connectivity index (χ2n) is 10.0. The van der Waals surface area contributed by atoms with Crippen molar-refractivity contribution in [3.8, 4) is 0 Å². The fourth-order valence-electron chi connectivity index (χ4n) is 3.08. The Morgan fingerprint density at radius 1 is 0.806 bits per heavy atom. The van der Waals surface area contributed by atoms with Gasteiger partial charge in [0, 0.05) is 6.61 Å². The molecule has 0 amide bonds. The van der Waals surface area contributed by atoms with E-state index in [1.165, 1.54) is 57.8 Å². The van der Waals surface area contributed by atoms with Crippen molar-refractivity contribution in [3.63, 3.8) is 0 Å². The van der Waals surface area contributed by atoms with Crippen LogP contribution in [0, 0.1) is 5.92 Å².